The van der Waals surface area contributed by atoms with Gasteiger partial charge in [-0.05, 0) is 67.6 Å². The molecule has 2 aromatic carbocycles. The minimum absolute atomic E-state index is 0.584. The number of nitrogens with zero attached hydrogens (tertiary/aromatic N) is 1. The second-order valence-corrected chi connectivity index (χ2v) is 6.85. The van der Waals surface area contributed by atoms with E-state index in [1.165, 1.54) is 24.0 Å². The Morgan fingerprint density at radius 1 is 1.12 bits per heavy atom. The lowest BCUT2D eigenvalue weighted by Crippen LogP contribution is -2.03. The van der Waals surface area contributed by atoms with Crippen LogP contribution in [0.2, 0.25) is 5.02 Å². The van der Waals surface area contributed by atoms with Gasteiger partial charge in [-0.1, -0.05) is 23.7 Å². The smallest absolute Gasteiger partial charge is 0.226 e. The summed E-state index contributed by atoms with van der Waals surface area (Å²) in [5.74, 6) is 2.37. The van der Waals surface area contributed by atoms with Crippen LogP contribution in [0.25, 0.3) is 11.5 Å². The van der Waals surface area contributed by atoms with Crippen molar-refractivity contribution in [3.05, 3.63) is 70.1 Å². The first kappa shape index (κ1) is 16.2. The number of halogens is 1. The summed E-state index contributed by atoms with van der Waals surface area (Å²) < 4.78 is 11.7. The quantitative estimate of drug-likeness (QED) is 0.614. The Morgan fingerprint density at radius 3 is 2.88 bits per heavy atom. The molecule has 0 amide bonds. The van der Waals surface area contributed by atoms with Crippen molar-refractivity contribution in [3.8, 4) is 17.2 Å². The molecule has 1 aliphatic rings. The highest BCUT2D eigenvalue weighted by molar-refractivity contribution is 6.30. The van der Waals surface area contributed by atoms with Crippen LogP contribution in [-0.4, -0.2) is 11.6 Å². The normalized spacial score (nSPS) is 13.0. The number of aryl methyl sites for hydroxylation is 3. The van der Waals surface area contributed by atoms with E-state index in [9.17, 15) is 0 Å². The molecule has 0 fully saturated rings. The van der Waals surface area contributed by atoms with Gasteiger partial charge < -0.3 is 9.15 Å². The zero-order chi connectivity index (χ0) is 17.2. The minimum atomic E-state index is 0.584. The number of rotatable bonds is 5. The molecule has 4 rings (SSSR count). The van der Waals surface area contributed by atoms with Gasteiger partial charge in [-0.3, -0.25) is 0 Å². The third kappa shape index (κ3) is 3.57. The summed E-state index contributed by atoms with van der Waals surface area (Å²) in [6, 6.07) is 14.0. The first-order chi connectivity index (χ1) is 12.2. The van der Waals surface area contributed by atoms with Crippen LogP contribution in [0.1, 0.15) is 29.0 Å². The monoisotopic (exact) mass is 353 g/mol. The fourth-order valence-corrected chi connectivity index (χ4v) is 3.50. The van der Waals surface area contributed by atoms with Gasteiger partial charge in [-0.15, -0.1) is 0 Å². The molecule has 0 atom stereocenters. The summed E-state index contributed by atoms with van der Waals surface area (Å²) in [5, 5.41) is 0.676. The molecule has 0 radical (unpaired) electrons. The zero-order valence-electron chi connectivity index (χ0n) is 14.2. The van der Waals surface area contributed by atoms with Gasteiger partial charge >= 0.3 is 0 Å². The summed E-state index contributed by atoms with van der Waals surface area (Å²) in [5.41, 5.74) is 4.71. The molecular formula is C21H20ClNO2. The molecule has 0 bridgehead atoms. The molecule has 25 heavy (non-hydrogen) atoms. The number of hydrogen-bond donors (Lipinski definition) is 0. The molecular weight excluding hydrogens is 334 g/mol. The number of aromatic nitrogens is 1. The lowest BCUT2D eigenvalue weighted by atomic mass is 10.1. The van der Waals surface area contributed by atoms with Crippen molar-refractivity contribution >= 4 is 11.6 Å². The Balaban J connectivity index is 1.41. The average molecular weight is 354 g/mol. The SMILES string of the molecule is Cc1oc(-c2cccc(Cl)c2)nc1CCOc1ccc2c(c1)CCC2. The molecule has 0 saturated carbocycles. The third-order valence-corrected chi connectivity index (χ3v) is 4.88. The minimum Gasteiger partial charge on any atom is -0.493 e. The lowest BCUT2D eigenvalue weighted by molar-refractivity contribution is 0.319. The van der Waals surface area contributed by atoms with Crippen LogP contribution in [0.5, 0.6) is 5.75 Å². The van der Waals surface area contributed by atoms with Crippen molar-refractivity contribution in [3.63, 3.8) is 0 Å². The fourth-order valence-electron chi connectivity index (χ4n) is 3.31. The van der Waals surface area contributed by atoms with Crippen molar-refractivity contribution < 1.29 is 9.15 Å². The van der Waals surface area contributed by atoms with Crippen molar-refractivity contribution in [2.75, 3.05) is 6.61 Å². The molecule has 0 unspecified atom stereocenters. The predicted molar refractivity (Wildman–Crippen MR) is 99.4 cm³/mol. The van der Waals surface area contributed by atoms with Crippen LogP contribution in [-0.2, 0) is 19.3 Å². The topological polar surface area (TPSA) is 35.3 Å². The van der Waals surface area contributed by atoms with Crippen LogP contribution in [0.15, 0.2) is 46.9 Å². The van der Waals surface area contributed by atoms with Gasteiger partial charge in [-0.25, -0.2) is 4.98 Å². The Morgan fingerprint density at radius 2 is 2.00 bits per heavy atom. The average Bonchev–Trinajstić information content (AvgIpc) is 3.21. The van der Waals surface area contributed by atoms with Gasteiger partial charge in [0.15, 0.2) is 0 Å². The van der Waals surface area contributed by atoms with Crippen molar-refractivity contribution in [2.24, 2.45) is 0 Å². The van der Waals surface area contributed by atoms with Gasteiger partial charge in [0.05, 0.1) is 12.3 Å². The maximum absolute atomic E-state index is 6.04. The maximum atomic E-state index is 6.04. The van der Waals surface area contributed by atoms with Crippen LogP contribution in [0.3, 0.4) is 0 Å². The van der Waals surface area contributed by atoms with Crippen molar-refractivity contribution in [1.82, 2.24) is 4.98 Å². The fraction of sp³-hybridized carbons (Fsp3) is 0.286. The maximum Gasteiger partial charge on any atom is 0.226 e. The molecule has 0 N–H and O–H groups in total. The molecule has 1 heterocycles. The number of ether oxygens (including phenoxy) is 1. The second-order valence-electron chi connectivity index (χ2n) is 6.41. The Labute approximate surface area is 152 Å². The highest BCUT2D eigenvalue weighted by atomic mass is 35.5. The largest absolute Gasteiger partial charge is 0.493 e. The number of oxazole rings is 1. The van der Waals surface area contributed by atoms with Gasteiger partial charge in [-0.2, -0.15) is 0 Å². The van der Waals surface area contributed by atoms with Gasteiger partial charge in [0.1, 0.15) is 11.5 Å². The Bertz CT molecular complexity index is 901. The molecule has 0 spiro atoms. The van der Waals surface area contributed by atoms with E-state index in [0.29, 0.717) is 23.9 Å². The van der Waals surface area contributed by atoms with Gasteiger partial charge in [0.2, 0.25) is 5.89 Å². The summed E-state index contributed by atoms with van der Waals surface area (Å²) >= 11 is 6.04. The highest BCUT2D eigenvalue weighted by Crippen LogP contribution is 2.27. The molecule has 1 aliphatic carbocycles. The summed E-state index contributed by atoms with van der Waals surface area (Å²) in [6.07, 6.45) is 4.33. The standard InChI is InChI=1S/C21H20ClNO2/c1-14-20(23-21(25-14)17-6-3-7-18(22)12-17)10-11-24-19-9-8-15-4-2-5-16(15)13-19/h3,6-9,12-13H,2,4-5,10-11H2,1H3. The second kappa shape index (κ2) is 6.93. The predicted octanol–water partition coefficient (Wildman–Crippen LogP) is 5.41. The van der Waals surface area contributed by atoms with E-state index in [0.717, 1.165) is 29.2 Å². The number of fused-ring (bicyclic) bond motifs is 1. The molecule has 3 aromatic rings. The molecule has 0 saturated heterocycles. The van der Waals surface area contributed by atoms with Crippen molar-refractivity contribution in [1.29, 1.82) is 0 Å². The first-order valence-corrected chi connectivity index (χ1v) is 9.04. The number of benzene rings is 2. The first-order valence-electron chi connectivity index (χ1n) is 8.66. The van der Waals surface area contributed by atoms with Crippen LogP contribution in [0, 0.1) is 6.92 Å². The van der Waals surface area contributed by atoms with Gasteiger partial charge in [0.25, 0.3) is 0 Å². The van der Waals surface area contributed by atoms with E-state index in [1.54, 1.807) is 0 Å². The van der Waals surface area contributed by atoms with Crippen LogP contribution in [0.4, 0.5) is 0 Å². The summed E-state index contributed by atoms with van der Waals surface area (Å²) in [4.78, 5) is 4.60. The molecule has 4 heteroatoms. The van der Waals surface area contributed by atoms with E-state index in [2.05, 4.69) is 23.2 Å². The van der Waals surface area contributed by atoms with Crippen molar-refractivity contribution in [2.45, 2.75) is 32.6 Å². The Kier molecular flexibility index (Phi) is 4.50. The van der Waals surface area contributed by atoms with Crippen LogP contribution >= 0.6 is 11.6 Å². The molecule has 128 valence electrons. The highest BCUT2D eigenvalue weighted by Gasteiger charge is 2.13. The molecule has 1 aromatic heterocycles. The van der Waals surface area contributed by atoms with E-state index >= 15 is 0 Å². The lowest BCUT2D eigenvalue weighted by Gasteiger charge is -2.07. The third-order valence-electron chi connectivity index (χ3n) is 4.64. The van der Waals surface area contributed by atoms with Gasteiger partial charge in [0, 0.05) is 17.0 Å². The molecule has 0 aliphatic heterocycles. The van der Waals surface area contributed by atoms with E-state index in [4.69, 9.17) is 20.8 Å². The van der Waals surface area contributed by atoms with E-state index in [1.807, 2.05) is 31.2 Å². The Hall–Kier alpha value is -2.26. The number of hydrogen-bond acceptors (Lipinski definition) is 3. The van der Waals surface area contributed by atoms with Crippen LogP contribution < -0.4 is 4.74 Å². The summed E-state index contributed by atoms with van der Waals surface area (Å²) in [7, 11) is 0. The van der Waals surface area contributed by atoms with E-state index < -0.39 is 0 Å². The van der Waals surface area contributed by atoms with E-state index in [-0.39, 0.29) is 0 Å². The zero-order valence-corrected chi connectivity index (χ0v) is 15.0. The summed E-state index contributed by atoms with van der Waals surface area (Å²) in [6.45, 7) is 2.52. The molecule has 3 nitrogen and oxygen atoms in total.